The molecule has 2 heterocycles. The van der Waals surface area contributed by atoms with Gasteiger partial charge < -0.3 is 14.7 Å². The van der Waals surface area contributed by atoms with Gasteiger partial charge in [-0.05, 0) is 31.9 Å². The van der Waals surface area contributed by atoms with Gasteiger partial charge in [-0.3, -0.25) is 0 Å². The summed E-state index contributed by atoms with van der Waals surface area (Å²) in [6.07, 6.45) is -3.08. The normalized spacial score (nSPS) is 18.0. The van der Waals surface area contributed by atoms with Gasteiger partial charge in [0.1, 0.15) is 11.5 Å². The van der Waals surface area contributed by atoms with Gasteiger partial charge in [-0.15, -0.1) is 0 Å². The molecule has 1 aliphatic rings. The van der Waals surface area contributed by atoms with Crippen LogP contribution < -0.4 is 5.32 Å². The summed E-state index contributed by atoms with van der Waals surface area (Å²) in [6, 6.07) is 5.79. The molecule has 2 aromatic rings. The fourth-order valence-corrected chi connectivity index (χ4v) is 2.89. The quantitative estimate of drug-likeness (QED) is 0.884. The second-order valence-electron chi connectivity index (χ2n) is 5.69. The van der Waals surface area contributed by atoms with Crippen molar-refractivity contribution >= 4 is 11.7 Å². The zero-order chi connectivity index (χ0) is 17.3. The monoisotopic (exact) mass is 339 g/mol. The number of aromatic nitrogens is 1. The van der Waals surface area contributed by atoms with E-state index in [-0.39, 0.29) is 11.7 Å². The van der Waals surface area contributed by atoms with Gasteiger partial charge in [-0.2, -0.15) is 13.2 Å². The van der Waals surface area contributed by atoms with Crippen LogP contribution in [-0.4, -0.2) is 22.6 Å². The molecular formula is C16H16F3N3O2. The summed E-state index contributed by atoms with van der Waals surface area (Å²) in [5.74, 6) is 0.625. The van der Waals surface area contributed by atoms with Crippen LogP contribution in [0.3, 0.4) is 0 Å². The smallest absolute Gasteiger partial charge is 0.361 e. The lowest BCUT2D eigenvalue weighted by molar-refractivity contribution is -0.136. The van der Waals surface area contributed by atoms with Gasteiger partial charge in [-0.1, -0.05) is 17.3 Å². The summed E-state index contributed by atoms with van der Waals surface area (Å²) in [5.41, 5.74) is -0.507. The van der Waals surface area contributed by atoms with Crippen LogP contribution in [0.25, 0.3) is 0 Å². The molecule has 1 aliphatic heterocycles. The van der Waals surface area contributed by atoms with E-state index >= 15 is 0 Å². The SMILES string of the molecule is Cc1cc([C@@H]2CCCN2C(=O)Nc2ccccc2C(F)(F)F)no1. The standard InChI is InChI=1S/C16H16F3N3O2/c1-10-9-13(21-24-10)14-7-4-8-22(14)15(23)20-12-6-3-2-5-11(12)16(17,18)19/h2-3,5-6,9,14H,4,7-8H2,1H3,(H,20,23)/t14-/m0/s1. The number of benzene rings is 1. The molecule has 0 aliphatic carbocycles. The Morgan fingerprint density at radius 1 is 1.38 bits per heavy atom. The number of hydrogen-bond acceptors (Lipinski definition) is 3. The fraction of sp³-hybridized carbons (Fsp3) is 0.375. The summed E-state index contributed by atoms with van der Waals surface area (Å²) in [6.45, 7) is 2.20. The molecule has 1 atom stereocenters. The summed E-state index contributed by atoms with van der Waals surface area (Å²) in [7, 11) is 0. The second-order valence-corrected chi connectivity index (χ2v) is 5.69. The number of hydrogen-bond donors (Lipinski definition) is 1. The summed E-state index contributed by atoms with van der Waals surface area (Å²) < 4.78 is 44.1. The lowest BCUT2D eigenvalue weighted by Crippen LogP contribution is -2.35. The zero-order valence-corrected chi connectivity index (χ0v) is 12.9. The third-order valence-corrected chi connectivity index (χ3v) is 3.98. The average molecular weight is 339 g/mol. The van der Waals surface area contributed by atoms with Crippen molar-refractivity contribution in [2.45, 2.75) is 32.0 Å². The van der Waals surface area contributed by atoms with Crippen LogP contribution >= 0.6 is 0 Å². The largest absolute Gasteiger partial charge is 0.418 e. The van der Waals surface area contributed by atoms with Crippen molar-refractivity contribution in [3.05, 3.63) is 47.3 Å². The third kappa shape index (κ3) is 3.22. The number of alkyl halides is 3. The molecule has 5 nitrogen and oxygen atoms in total. The van der Waals surface area contributed by atoms with Gasteiger partial charge in [0.05, 0.1) is 17.3 Å². The number of aryl methyl sites for hydroxylation is 1. The van der Waals surface area contributed by atoms with Crippen molar-refractivity contribution in [1.29, 1.82) is 0 Å². The van der Waals surface area contributed by atoms with Crippen molar-refractivity contribution in [3.8, 4) is 0 Å². The molecule has 1 N–H and O–H groups in total. The highest BCUT2D eigenvalue weighted by Gasteiger charge is 2.36. The highest BCUT2D eigenvalue weighted by Crippen LogP contribution is 2.36. The zero-order valence-electron chi connectivity index (χ0n) is 12.9. The second kappa shape index (κ2) is 6.18. The Morgan fingerprint density at radius 2 is 2.12 bits per heavy atom. The van der Waals surface area contributed by atoms with Crippen molar-refractivity contribution in [3.63, 3.8) is 0 Å². The van der Waals surface area contributed by atoms with Crippen molar-refractivity contribution < 1.29 is 22.5 Å². The molecule has 0 radical (unpaired) electrons. The maximum atomic E-state index is 13.0. The number of amides is 2. The minimum Gasteiger partial charge on any atom is -0.361 e. The van der Waals surface area contributed by atoms with Crippen molar-refractivity contribution in [1.82, 2.24) is 10.1 Å². The number of anilines is 1. The lowest BCUT2D eigenvalue weighted by Gasteiger charge is -2.24. The van der Waals surface area contributed by atoms with E-state index in [1.54, 1.807) is 13.0 Å². The van der Waals surface area contributed by atoms with Crippen LogP contribution in [-0.2, 0) is 6.18 Å². The van der Waals surface area contributed by atoms with E-state index in [1.165, 1.54) is 23.1 Å². The fourth-order valence-electron chi connectivity index (χ4n) is 2.89. The molecule has 0 bridgehead atoms. The number of nitrogens with zero attached hydrogens (tertiary/aromatic N) is 2. The summed E-state index contributed by atoms with van der Waals surface area (Å²) in [5, 5.41) is 6.29. The first kappa shape index (κ1) is 16.4. The minimum atomic E-state index is -4.53. The van der Waals surface area contributed by atoms with E-state index in [2.05, 4.69) is 10.5 Å². The average Bonchev–Trinajstić information content (AvgIpc) is 3.15. The van der Waals surface area contributed by atoms with Crippen LogP contribution in [0.4, 0.5) is 23.7 Å². The molecule has 3 rings (SSSR count). The number of rotatable bonds is 2. The first-order valence-corrected chi connectivity index (χ1v) is 7.53. The minimum absolute atomic E-state index is 0.253. The molecule has 8 heteroatoms. The predicted octanol–water partition coefficient (Wildman–Crippen LogP) is 4.37. The van der Waals surface area contributed by atoms with Crippen LogP contribution in [0.2, 0.25) is 0 Å². The summed E-state index contributed by atoms with van der Waals surface area (Å²) in [4.78, 5) is 14.0. The number of para-hydroxylation sites is 1. The molecule has 1 aromatic heterocycles. The van der Waals surface area contributed by atoms with Crippen LogP contribution in [0.15, 0.2) is 34.9 Å². The van der Waals surface area contributed by atoms with Gasteiger partial charge in [0.15, 0.2) is 0 Å². The molecular weight excluding hydrogens is 323 g/mol. The van der Waals surface area contributed by atoms with Gasteiger partial charge in [0, 0.05) is 12.6 Å². The molecule has 2 amide bonds. The first-order chi connectivity index (χ1) is 11.4. The molecule has 0 spiro atoms. The molecule has 1 saturated heterocycles. The Balaban J connectivity index is 1.80. The van der Waals surface area contributed by atoms with E-state index in [0.29, 0.717) is 24.4 Å². The Hall–Kier alpha value is -2.51. The van der Waals surface area contributed by atoms with Crippen LogP contribution in [0.1, 0.15) is 35.9 Å². The molecule has 0 saturated carbocycles. The van der Waals surface area contributed by atoms with Gasteiger partial charge in [0.25, 0.3) is 0 Å². The number of carbonyl (C=O) groups is 1. The maximum absolute atomic E-state index is 13.0. The van der Waals surface area contributed by atoms with E-state index < -0.39 is 17.8 Å². The number of carbonyl (C=O) groups excluding carboxylic acids is 1. The van der Waals surface area contributed by atoms with Gasteiger partial charge in [0.2, 0.25) is 0 Å². The Morgan fingerprint density at radius 3 is 2.79 bits per heavy atom. The molecule has 1 fully saturated rings. The summed E-state index contributed by atoms with van der Waals surface area (Å²) >= 11 is 0. The van der Waals surface area contributed by atoms with Crippen molar-refractivity contribution in [2.24, 2.45) is 0 Å². The van der Waals surface area contributed by atoms with E-state index in [9.17, 15) is 18.0 Å². The van der Waals surface area contributed by atoms with Gasteiger partial charge in [-0.25, -0.2) is 4.79 Å². The molecule has 0 unspecified atom stereocenters. The Kier molecular flexibility index (Phi) is 4.21. The molecule has 128 valence electrons. The molecule has 1 aromatic carbocycles. The lowest BCUT2D eigenvalue weighted by atomic mass is 10.1. The van der Waals surface area contributed by atoms with E-state index in [1.807, 2.05) is 0 Å². The predicted molar refractivity (Wildman–Crippen MR) is 80.4 cm³/mol. The van der Waals surface area contributed by atoms with Gasteiger partial charge >= 0.3 is 12.2 Å². The Bertz CT molecular complexity index is 742. The maximum Gasteiger partial charge on any atom is 0.418 e. The highest BCUT2D eigenvalue weighted by atomic mass is 19.4. The van der Waals surface area contributed by atoms with E-state index in [4.69, 9.17) is 4.52 Å². The molecule has 24 heavy (non-hydrogen) atoms. The number of halogens is 3. The number of urea groups is 1. The Labute approximate surface area is 136 Å². The highest BCUT2D eigenvalue weighted by molar-refractivity contribution is 5.90. The first-order valence-electron chi connectivity index (χ1n) is 7.53. The van der Waals surface area contributed by atoms with Crippen LogP contribution in [0, 0.1) is 6.92 Å². The number of likely N-dealkylation sites (tertiary alicyclic amines) is 1. The van der Waals surface area contributed by atoms with Crippen LogP contribution in [0.5, 0.6) is 0 Å². The topological polar surface area (TPSA) is 58.4 Å². The van der Waals surface area contributed by atoms with E-state index in [0.717, 1.165) is 12.5 Å². The van der Waals surface area contributed by atoms with Crippen molar-refractivity contribution in [2.75, 3.05) is 11.9 Å². The number of nitrogens with one attached hydrogen (secondary N) is 1. The third-order valence-electron chi connectivity index (χ3n) is 3.98.